The Morgan fingerprint density at radius 3 is 2.68 bits per heavy atom. The molecule has 5 rings (SSSR count). The number of benzene rings is 2. The summed E-state index contributed by atoms with van der Waals surface area (Å²) in [5, 5.41) is 10.4. The van der Waals surface area contributed by atoms with Gasteiger partial charge in [0.05, 0.1) is 10.9 Å². The number of amides is 2. The van der Waals surface area contributed by atoms with Crippen LogP contribution in [-0.2, 0) is 0 Å². The van der Waals surface area contributed by atoms with E-state index in [1.54, 1.807) is 12.4 Å². The number of hydrogen-bond donors (Lipinski definition) is 2. The molecule has 3 heterocycles. The van der Waals surface area contributed by atoms with Gasteiger partial charge in [0.15, 0.2) is 0 Å². The normalized spacial score (nSPS) is 15.4. The Labute approximate surface area is 221 Å². The molecule has 0 aliphatic carbocycles. The molecule has 190 valence electrons. The summed E-state index contributed by atoms with van der Waals surface area (Å²) in [5.74, 6) is -0.0915. The monoisotopic (exact) mass is 512 g/mol. The second-order valence-electron chi connectivity index (χ2n) is 9.75. The minimum Gasteiger partial charge on any atom is -0.349 e. The predicted octanol–water partition coefficient (Wildman–Crippen LogP) is 5.67. The largest absolute Gasteiger partial charge is 0.349 e. The van der Waals surface area contributed by atoms with Gasteiger partial charge in [0.2, 0.25) is 0 Å². The van der Waals surface area contributed by atoms with Gasteiger partial charge in [-0.25, -0.2) is 0 Å². The molecule has 1 saturated heterocycles. The molecule has 0 saturated carbocycles. The minimum absolute atomic E-state index is 0.00632. The molecule has 0 bridgehead atoms. The number of thiophene rings is 1. The van der Waals surface area contributed by atoms with Crippen molar-refractivity contribution in [1.29, 1.82) is 0 Å². The lowest BCUT2D eigenvalue weighted by Crippen LogP contribution is -2.43. The van der Waals surface area contributed by atoms with E-state index >= 15 is 0 Å². The van der Waals surface area contributed by atoms with Crippen LogP contribution in [0.1, 0.15) is 57.8 Å². The maximum Gasteiger partial charge on any atom is 0.261 e. The Hall–Kier alpha value is -3.55. The molecule has 0 radical (unpaired) electrons. The average Bonchev–Trinajstić information content (AvgIpc) is 3.43. The SMILES string of the molecule is CCC(NC(=O)c1ccc2cnccc2c1)c1cccc(-c2csc(C(=O)NC3CCN(C)CC3)c2)c1. The standard InChI is InChI=1S/C30H32N4O2S/c1-3-27(33-29(35)23-7-8-24-18-31-12-9-21(24)16-23)22-6-4-5-20(15-22)25-17-28(37-19-25)30(36)32-26-10-13-34(2)14-11-26/h4-9,12,15-19,26-27H,3,10-11,13-14H2,1-2H3,(H,32,36)(H,33,35). The van der Waals surface area contributed by atoms with E-state index in [1.807, 2.05) is 47.8 Å². The Bertz CT molecular complexity index is 1410. The number of piperidine rings is 1. The summed E-state index contributed by atoms with van der Waals surface area (Å²) in [6.45, 7) is 4.10. The van der Waals surface area contributed by atoms with E-state index in [-0.39, 0.29) is 23.9 Å². The molecule has 2 aromatic heterocycles. The highest BCUT2D eigenvalue weighted by Gasteiger charge is 2.20. The number of nitrogens with zero attached hydrogens (tertiary/aromatic N) is 2. The summed E-state index contributed by atoms with van der Waals surface area (Å²) in [6, 6.07) is 17.9. The highest BCUT2D eigenvalue weighted by atomic mass is 32.1. The molecule has 1 aliphatic heterocycles. The fourth-order valence-electron chi connectivity index (χ4n) is 4.84. The van der Waals surface area contributed by atoms with Gasteiger partial charge in [-0.2, -0.15) is 0 Å². The van der Waals surface area contributed by atoms with Crippen molar-refractivity contribution in [3.8, 4) is 11.1 Å². The highest BCUT2D eigenvalue weighted by Crippen LogP contribution is 2.29. The molecule has 2 aromatic carbocycles. The molecule has 2 N–H and O–H groups in total. The summed E-state index contributed by atoms with van der Waals surface area (Å²) >= 11 is 1.47. The van der Waals surface area contributed by atoms with Gasteiger partial charge in [-0.1, -0.05) is 31.2 Å². The van der Waals surface area contributed by atoms with Crippen molar-refractivity contribution in [1.82, 2.24) is 20.5 Å². The molecular formula is C30H32N4O2S. The van der Waals surface area contributed by atoms with Crippen LogP contribution >= 0.6 is 11.3 Å². The first-order valence-corrected chi connectivity index (χ1v) is 13.7. The topological polar surface area (TPSA) is 74.3 Å². The maximum absolute atomic E-state index is 13.1. The van der Waals surface area contributed by atoms with Gasteiger partial charge < -0.3 is 15.5 Å². The molecule has 4 aromatic rings. The summed E-state index contributed by atoms with van der Waals surface area (Å²) in [5.41, 5.74) is 3.73. The van der Waals surface area contributed by atoms with Crippen LogP contribution in [0.5, 0.6) is 0 Å². The molecule has 7 heteroatoms. The fraction of sp³-hybridized carbons (Fsp3) is 0.300. The zero-order valence-electron chi connectivity index (χ0n) is 21.2. The Kier molecular flexibility index (Phi) is 7.63. The summed E-state index contributed by atoms with van der Waals surface area (Å²) in [4.78, 5) is 33.1. The van der Waals surface area contributed by atoms with E-state index in [1.165, 1.54) is 11.3 Å². The van der Waals surface area contributed by atoms with Crippen molar-refractivity contribution in [2.45, 2.75) is 38.3 Å². The van der Waals surface area contributed by atoms with E-state index < -0.39 is 0 Å². The maximum atomic E-state index is 13.1. The van der Waals surface area contributed by atoms with Gasteiger partial charge in [-0.05, 0) is 97.2 Å². The molecule has 2 amide bonds. The Morgan fingerprint density at radius 2 is 1.86 bits per heavy atom. The van der Waals surface area contributed by atoms with Crippen LogP contribution < -0.4 is 10.6 Å². The predicted molar refractivity (Wildman–Crippen MR) is 150 cm³/mol. The zero-order chi connectivity index (χ0) is 25.8. The molecule has 1 atom stereocenters. The number of carbonyl (C=O) groups excluding carboxylic acids is 2. The van der Waals surface area contributed by atoms with Gasteiger partial charge in [0.25, 0.3) is 11.8 Å². The van der Waals surface area contributed by atoms with E-state index in [0.29, 0.717) is 5.56 Å². The minimum atomic E-state index is -0.119. The van der Waals surface area contributed by atoms with Crippen LogP contribution in [0.4, 0.5) is 0 Å². The Morgan fingerprint density at radius 1 is 1.03 bits per heavy atom. The second-order valence-corrected chi connectivity index (χ2v) is 10.7. The first-order valence-electron chi connectivity index (χ1n) is 12.8. The first kappa shape index (κ1) is 25.1. The number of likely N-dealkylation sites (tertiary alicyclic amines) is 1. The molecule has 1 fully saturated rings. The molecular weight excluding hydrogens is 480 g/mol. The van der Waals surface area contributed by atoms with E-state index in [2.05, 4.69) is 46.6 Å². The van der Waals surface area contributed by atoms with Crippen LogP contribution in [0, 0.1) is 0 Å². The number of nitrogens with one attached hydrogen (secondary N) is 2. The number of fused-ring (bicyclic) bond motifs is 1. The van der Waals surface area contributed by atoms with Crippen molar-refractivity contribution >= 4 is 33.9 Å². The number of rotatable bonds is 7. The van der Waals surface area contributed by atoms with Crippen molar-refractivity contribution in [2.24, 2.45) is 0 Å². The van der Waals surface area contributed by atoms with Crippen LogP contribution in [0.2, 0.25) is 0 Å². The smallest absolute Gasteiger partial charge is 0.261 e. The second kappa shape index (κ2) is 11.2. The lowest BCUT2D eigenvalue weighted by atomic mass is 9.98. The fourth-order valence-corrected chi connectivity index (χ4v) is 5.66. The van der Waals surface area contributed by atoms with E-state index in [0.717, 1.165) is 64.7 Å². The molecule has 6 nitrogen and oxygen atoms in total. The van der Waals surface area contributed by atoms with Gasteiger partial charge >= 0.3 is 0 Å². The summed E-state index contributed by atoms with van der Waals surface area (Å²) in [7, 11) is 2.12. The number of hydrogen-bond acceptors (Lipinski definition) is 5. The number of pyridine rings is 1. The van der Waals surface area contributed by atoms with Gasteiger partial charge in [0.1, 0.15) is 0 Å². The lowest BCUT2D eigenvalue weighted by Gasteiger charge is -2.29. The van der Waals surface area contributed by atoms with Crippen LogP contribution in [0.3, 0.4) is 0 Å². The molecule has 37 heavy (non-hydrogen) atoms. The van der Waals surface area contributed by atoms with E-state index in [9.17, 15) is 9.59 Å². The lowest BCUT2D eigenvalue weighted by molar-refractivity contribution is 0.0917. The molecule has 0 spiro atoms. The third-order valence-corrected chi connectivity index (χ3v) is 8.04. The Balaban J connectivity index is 1.28. The van der Waals surface area contributed by atoms with Gasteiger partial charge in [-0.15, -0.1) is 11.3 Å². The first-order chi connectivity index (χ1) is 18.0. The third kappa shape index (κ3) is 5.89. The summed E-state index contributed by atoms with van der Waals surface area (Å²) < 4.78 is 0. The zero-order valence-corrected chi connectivity index (χ0v) is 22.1. The van der Waals surface area contributed by atoms with Crippen LogP contribution in [-0.4, -0.2) is 47.9 Å². The quantitative estimate of drug-likeness (QED) is 0.335. The van der Waals surface area contributed by atoms with E-state index in [4.69, 9.17) is 0 Å². The van der Waals surface area contributed by atoms with Gasteiger partial charge in [-0.3, -0.25) is 14.6 Å². The van der Waals surface area contributed by atoms with Crippen molar-refractivity contribution in [2.75, 3.05) is 20.1 Å². The van der Waals surface area contributed by atoms with Crippen molar-refractivity contribution < 1.29 is 9.59 Å². The summed E-state index contributed by atoms with van der Waals surface area (Å²) in [6.07, 6.45) is 6.27. The molecule has 1 unspecified atom stereocenters. The molecule has 1 aliphatic rings. The highest BCUT2D eigenvalue weighted by molar-refractivity contribution is 7.12. The average molecular weight is 513 g/mol. The van der Waals surface area contributed by atoms with Crippen molar-refractivity contribution in [3.05, 3.63) is 88.4 Å². The number of carbonyl (C=O) groups is 2. The third-order valence-electron chi connectivity index (χ3n) is 7.12. The van der Waals surface area contributed by atoms with Crippen LogP contribution in [0.15, 0.2) is 72.4 Å². The van der Waals surface area contributed by atoms with Crippen LogP contribution in [0.25, 0.3) is 21.9 Å². The number of aromatic nitrogens is 1. The van der Waals surface area contributed by atoms with Gasteiger partial charge in [0, 0.05) is 29.4 Å². The van der Waals surface area contributed by atoms with Crippen molar-refractivity contribution in [3.63, 3.8) is 0 Å².